The van der Waals surface area contributed by atoms with Gasteiger partial charge < -0.3 is 24.6 Å². The predicted molar refractivity (Wildman–Crippen MR) is 99.6 cm³/mol. The molecule has 0 bridgehead atoms. The minimum atomic E-state index is -0.984. The van der Waals surface area contributed by atoms with E-state index in [4.69, 9.17) is 14.0 Å². The number of aromatic nitrogens is 1. The molecule has 9 heteroatoms. The number of hydrogen-bond donors (Lipinski definition) is 2. The van der Waals surface area contributed by atoms with Crippen molar-refractivity contribution in [1.29, 1.82) is 0 Å². The number of rotatable bonds is 8. The number of esters is 1. The van der Waals surface area contributed by atoms with Crippen LogP contribution in [-0.4, -0.2) is 54.8 Å². The van der Waals surface area contributed by atoms with Crippen molar-refractivity contribution in [1.82, 2.24) is 15.8 Å². The number of amides is 2. The van der Waals surface area contributed by atoms with E-state index >= 15 is 0 Å². The van der Waals surface area contributed by atoms with Crippen molar-refractivity contribution < 1.29 is 28.4 Å². The fraction of sp³-hybridized carbons (Fsp3) is 0.684. The average molecular weight is 395 g/mol. The summed E-state index contributed by atoms with van der Waals surface area (Å²) in [4.78, 5) is 37.0. The van der Waals surface area contributed by atoms with Gasteiger partial charge in [0.2, 0.25) is 5.91 Å². The van der Waals surface area contributed by atoms with Crippen molar-refractivity contribution in [3.8, 4) is 0 Å². The molecule has 1 aromatic rings. The molecule has 156 valence electrons. The van der Waals surface area contributed by atoms with Gasteiger partial charge in [-0.05, 0) is 39.5 Å². The van der Waals surface area contributed by atoms with Crippen LogP contribution in [0.5, 0.6) is 0 Å². The predicted octanol–water partition coefficient (Wildman–Crippen LogP) is 1.50. The Morgan fingerprint density at radius 2 is 1.89 bits per heavy atom. The van der Waals surface area contributed by atoms with E-state index in [0.29, 0.717) is 5.76 Å². The lowest BCUT2D eigenvalue weighted by molar-refractivity contribution is -0.153. The number of carbonyl (C=O) groups is 3. The Morgan fingerprint density at radius 1 is 1.21 bits per heavy atom. The van der Waals surface area contributed by atoms with Crippen LogP contribution >= 0.6 is 0 Å². The van der Waals surface area contributed by atoms with Gasteiger partial charge in [0.05, 0.1) is 6.61 Å². The molecule has 2 rings (SSSR count). The van der Waals surface area contributed by atoms with E-state index in [-0.39, 0.29) is 18.4 Å². The highest BCUT2D eigenvalue weighted by molar-refractivity contribution is 5.96. The van der Waals surface area contributed by atoms with Gasteiger partial charge in [0.1, 0.15) is 23.9 Å². The Labute approximate surface area is 164 Å². The maximum Gasteiger partial charge on any atom is 0.328 e. The van der Waals surface area contributed by atoms with Gasteiger partial charge >= 0.3 is 5.97 Å². The summed E-state index contributed by atoms with van der Waals surface area (Å²) in [5, 5.41) is 8.73. The molecule has 0 saturated heterocycles. The molecule has 0 spiro atoms. The van der Waals surface area contributed by atoms with E-state index in [0.717, 1.165) is 38.5 Å². The number of nitrogens with zero attached hydrogens (tertiary/aromatic N) is 1. The highest BCUT2D eigenvalue weighted by Gasteiger charge is 2.27. The van der Waals surface area contributed by atoms with Gasteiger partial charge in [-0.3, -0.25) is 9.59 Å². The molecule has 1 aliphatic carbocycles. The summed E-state index contributed by atoms with van der Waals surface area (Å²) in [6, 6.07) is -0.354. The molecule has 2 atom stereocenters. The van der Waals surface area contributed by atoms with Crippen LogP contribution in [0.25, 0.3) is 0 Å². The maximum atomic E-state index is 12.5. The molecule has 9 nitrogen and oxygen atoms in total. The third-order valence-corrected chi connectivity index (χ3v) is 4.61. The van der Waals surface area contributed by atoms with Crippen LogP contribution in [0.2, 0.25) is 0 Å². The highest BCUT2D eigenvalue weighted by Crippen LogP contribution is 2.20. The first-order valence-electron chi connectivity index (χ1n) is 9.64. The summed E-state index contributed by atoms with van der Waals surface area (Å²) in [5.74, 6) is -1.11. The van der Waals surface area contributed by atoms with Crippen molar-refractivity contribution in [2.75, 3.05) is 13.7 Å². The molecular formula is C19H29N3O6. The summed E-state index contributed by atoms with van der Waals surface area (Å²) in [6.45, 7) is 3.16. The Hall–Kier alpha value is -2.42. The number of ether oxygens (including phenoxy) is 2. The fourth-order valence-corrected chi connectivity index (χ4v) is 3.05. The lowest BCUT2D eigenvalue weighted by Gasteiger charge is -2.22. The molecule has 2 N–H and O–H groups in total. The van der Waals surface area contributed by atoms with Gasteiger partial charge in [-0.1, -0.05) is 18.0 Å². The molecular weight excluding hydrogens is 366 g/mol. The van der Waals surface area contributed by atoms with Crippen LogP contribution in [0.15, 0.2) is 10.6 Å². The van der Waals surface area contributed by atoms with Crippen molar-refractivity contribution in [2.24, 2.45) is 0 Å². The smallest absolute Gasteiger partial charge is 0.328 e. The highest BCUT2D eigenvalue weighted by atomic mass is 16.5. The zero-order valence-electron chi connectivity index (χ0n) is 16.7. The number of aryl methyl sites for hydroxylation is 1. The van der Waals surface area contributed by atoms with Crippen LogP contribution in [0.1, 0.15) is 61.7 Å². The average Bonchev–Trinajstić information content (AvgIpc) is 2.93. The van der Waals surface area contributed by atoms with Crippen molar-refractivity contribution in [2.45, 2.75) is 70.6 Å². The maximum absolute atomic E-state index is 12.5. The van der Waals surface area contributed by atoms with Gasteiger partial charge in [0, 0.05) is 13.2 Å². The molecule has 0 aliphatic heterocycles. The van der Waals surface area contributed by atoms with E-state index in [9.17, 15) is 14.4 Å². The summed E-state index contributed by atoms with van der Waals surface area (Å²) in [5.41, 5.74) is 0.0622. The molecule has 28 heavy (non-hydrogen) atoms. The van der Waals surface area contributed by atoms with Gasteiger partial charge in [-0.2, -0.15) is 0 Å². The first-order valence-corrected chi connectivity index (χ1v) is 9.64. The zero-order valence-corrected chi connectivity index (χ0v) is 16.7. The SMILES string of the molecule is COC[C@H](NC(=O)c1cc(C)on1)C(=O)N[C@@H](C)C(=O)OC1CCCCCC1. The van der Waals surface area contributed by atoms with Crippen molar-refractivity contribution in [3.05, 3.63) is 17.5 Å². The lowest BCUT2D eigenvalue weighted by Crippen LogP contribution is -2.53. The molecule has 1 saturated carbocycles. The molecule has 1 heterocycles. The van der Waals surface area contributed by atoms with Crippen LogP contribution in [0.4, 0.5) is 0 Å². The zero-order chi connectivity index (χ0) is 20.5. The molecule has 1 aromatic heterocycles. The standard InChI is InChI=1S/C19H29N3O6/c1-12-10-15(22-28-12)17(23)21-16(11-26-3)18(24)20-13(2)19(25)27-14-8-6-4-5-7-9-14/h10,13-14,16H,4-9,11H2,1-3H3,(H,20,24)(H,21,23)/t13-,16-/m0/s1. The van der Waals surface area contributed by atoms with Crippen LogP contribution in [0.3, 0.4) is 0 Å². The number of hydrogen-bond acceptors (Lipinski definition) is 7. The third kappa shape index (κ3) is 6.63. The van der Waals surface area contributed by atoms with Gasteiger partial charge in [0.25, 0.3) is 5.91 Å². The Bertz CT molecular complexity index is 666. The number of carbonyl (C=O) groups excluding carboxylic acids is 3. The van der Waals surface area contributed by atoms with Crippen molar-refractivity contribution in [3.63, 3.8) is 0 Å². The Balaban J connectivity index is 1.88. The summed E-state index contributed by atoms with van der Waals surface area (Å²) in [6.07, 6.45) is 6.01. The van der Waals surface area contributed by atoms with Crippen LogP contribution in [-0.2, 0) is 19.1 Å². The molecule has 1 aliphatic rings. The van der Waals surface area contributed by atoms with E-state index in [1.54, 1.807) is 13.8 Å². The minimum absolute atomic E-state index is 0.0567. The second-order valence-electron chi connectivity index (χ2n) is 7.08. The van der Waals surface area contributed by atoms with E-state index in [1.807, 2.05) is 0 Å². The topological polar surface area (TPSA) is 120 Å². The Kier molecular flexibility index (Phi) is 8.43. The molecule has 0 radical (unpaired) electrons. The summed E-state index contributed by atoms with van der Waals surface area (Å²) in [7, 11) is 1.41. The first-order chi connectivity index (χ1) is 13.4. The second-order valence-corrected chi connectivity index (χ2v) is 7.08. The number of nitrogens with one attached hydrogen (secondary N) is 2. The normalized spacial score (nSPS) is 17.2. The van der Waals surface area contributed by atoms with E-state index in [2.05, 4.69) is 15.8 Å². The molecule has 2 amide bonds. The monoisotopic (exact) mass is 395 g/mol. The van der Waals surface area contributed by atoms with Gasteiger partial charge in [0.15, 0.2) is 5.69 Å². The second kappa shape index (κ2) is 10.8. The summed E-state index contributed by atoms with van der Waals surface area (Å²) < 4.78 is 15.4. The lowest BCUT2D eigenvalue weighted by atomic mass is 10.1. The molecule has 0 aromatic carbocycles. The quantitative estimate of drug-likeness (QED) is 0.505. The largest absolute Gasteiger partial charge is 0.461 e. The number of methoxy groups -OCH3 is 1. The van der Waals surface area contributed by atoms with E-state index in [1.165, 1.54) is 13.2 Å². The van der Waals surface area contributed by atoms with Gasteiger partial charge in [-0.25, -0.2) is 4.79 Å². The van der Waals surface area contributed by atoms with E-state index < -0.39 is 29.9 Å². The molecule has 0 unspecified atom stereocenters. The third-order valence-electron chi connectivity index (χ3n) is 4.61. The fourth-order valence-electron chi connectivity index (χ4n) is 3.05. The van der Waals surface area contributed by atoms with Gasteiger partial charge in [-0.15, -0.1) is 0 Å². The van der Waals surface area contributed by atoms with Crippen LogP contribution < -0.4 is 10.6 Å². The Morgan fingerprint density at radius 3 is 2.46 bits per heavy atom. The van der Waals surface area contributed by atoms with Crippen molar-refractivity contribution >= 4 is 17.8 Å². The molecule has 1 fully saturated rings. The van der Waals surface area contributed by atoms with Crippen LogP contribution in [0, 0.1) is 6.92 Å². The minimum Gasteiger partial charge on any atom is -0.461 e. The summed E-state index contributed by atoms with van der Waals surface area (Å²) >= 11 is 0. The first kappa shape index (κ1) is 21.9.